The molecule has 2 unspecified atom stereocenters. The quantitative estimate of drug-likeness (QED) is 0.823. The SMILES string of the molecule is COc1ccc2c(c1)C(C)(O)c1ccccc1C2O. The van der Waals surface area contributed by atoms with Gasteiger partial charge in [-0.3, -0.25) is 0 Å². The van der Waals surface area contributed by atoms with E-state index in [1.54, 1.807) is 26.2 Å². The predicted molar refractivity (Wildman–Crippen MR) is 72.2 cm³/mol. The van der Waals surface area contributed by atoms with E-state index >= 15 is 0 Å². The summed E-state index contributed by atoms with van der Waals surface area (Å²) in [6.45, 7) is 1.75. The van der Waals surface area contributed by atoms with Gasteiger partial charge < -0.3 is 14.9 Å². The van der Waals surface area contributed by atoms with Crippen molar-refractivity contribution in [3.8, 4) is 5.75 Å². The first kappa shape index (κ1) is 12.2. The molecule has 0 saturated heterocycles. The highest BCUT2D eigenvalue weighted by molar-refractivity contribution is 5.54. The van der Waals surface area contributed by atoms with Crippen LogP contribution in [0.1, 0.15) is 35.3 Å². The minimum absolute atomic E-state index is 0.672. The van der Waals surface area contributed by atoms with E-state index in [4.69, 9.17) is 4.74 Å². The molecule has 0 aliphatic heterocycles. The lowest BCUT2D eigenvalue weighted by Gasteiger charge is -2.36. The van der Waals surface area contributed by atoms with E-state index < -0.39 is 11.7 Å². The van der Waals surface area contributed by atoms with Crippen LogP contribution >= 0.6 is 0 Å². The van der Waals surface area contributed by atoms with Crippen LogP contribution in [0.3, 0.4) is 0 Å². The summed E-state index contributed by atoms with van der Waals surface area (Å²) in [7, 11) is 1.59. The zero-order valence-corrected chi connectivity index (χ0v) is 10.9. The van der Waals surface area contributed by atoms with Crippen molar-refractivity contribution in [3.63, 3.8) is 0 Å². The standard InChI is InChI=1S/C16H16O3/c1-16(18)13-6-4-3-5-11(13)15(17)12-8-7-10(19-2)9-14(12)16/h3-9,15,17-18H,1-2H3. The van der Waals surface area contributed by atoms with Crippen molar-refractivity contribution in [2.24, 2.45) is 0 Å². The first-order valence-corrected chi connectivity index (χ1v) is 6.24. The van der Waals surface area contributed by atoms with E-state index in [-0.39, 0.29) is 0 Å². The summed E-state index contributed by atoms with van der Waals surface area (Å²) in [6, 6.07) is 12.8. The van der Waals surface area contributed by atoms with E-state index in [9.17, 15) is 10.2 Å². The molecule has 1 aliphatic carbocycles. The topological polar surface area (TPSA) is 49.7 Å². The van der Waals surface area contributed by atoms with Crippen LogP contribution < -0.4 is 4.74 Å². The summed E-state index contributed by atoms with van der Waals surface area (Å²) >= 11 is 0. The Balaban J connectivity index is 2.28. The highest BCUT2D eigenvalue weighted by atomic mass is 16.5. The Morgan fingerprint density at radius 3 is 2.47 bits per heavy atom. The van der Waals surface area contributed by atoms with Crippen LogP contribution in [0.2, 0.25) is 0 Å². The predicted octanol–water partition coefficient (Wildman–Crippen LogP) is 2.35. The van der Waals surface area contributed by atoms with Crippen LogP contribution in [0.25, 0.3) is 0 Å². The molecule has 98 valence electrons. The number of hydrogen-bond acceptors (Lipinski definition) is 3. The fourth-order valence-electron chi connectivity index (χ4n) is 2.81. The molecule has 2 atom stereocenters. The van der Waals surface area contributed by atoms with Crippen molar-refractivity contribution in [2.45, 2.75) is 18.6 Å². The van der Waals surface area contributed by atoms with E-state index in [1.165, 1.54) is 0 Å². The molecule has 0 radical (unpaired) electrons. The van der Waals surface area contributed by atoms with E-state index in [2.05, 4.69) is 0 Å². The van der Waals surface area contributed by atoms with Crippen LogP contribution in [0.15, 0.2) is 42.5 Å². The van der Waals surface area contributed by atoms with Crippen LogP contribution in [0.5, 0.6) is 5.75 Å². The largest absolute Gasteiger partial charge is 0.497 e. The zero-order chi connectivity index (χ0) is 13.6. The lowest BCUT2D eigenvalue weighted by atomic mass is 9.74. The van der Waals surface area contributed by atoms with Gasteiger partial charge >= 0.3 is 0 Å². The summed E-state index contributed by atoms with van der Waals surface area (Å²) in [4.78, 5) is 0. The fourth-order valence-corrected chi connectivity index (χ4v) is 2.81. The van der Waals surface area contributed by atoms with Crippen LogP contribution in [0, 0.1) is 0 Å². The molecular weight excluding hydrogens is 240 g/mol. The third-order valence-corrected chi connectivity index (χ3v) is 3.86. The Morgan fingerprint density at radius 1 is 1.05 bits per heavy atom. The highest BCUT2D eigenvalue weighted by Crippen LogP contribution is 2.45. The molecule has 0 fully saturated rings. The van der Waals surface area contributed by atoms with Gasteiger partial charge in [0.25, 0.3) is 0 Å². The highest BCUT2D eigenvalue weighted by Gasteiger charge is 2.38. The number of rotatable bonds is 1. The molecule has 2 aromatic rings. The molecule has 3 nitrogen and oxygen atoms in total. The monoisotopic (exact) mass is 256 g/mol. The summed E-state index contributed by atoms with van der Waals surface area (Å²) in [6.07, 6.45) is -0.711. The van der Waals surface area contributed by atoms with Crippen LogP contribution in [-0.4, -0.2) is 17.3 Å². The van der Waals surface area contributed by atoms with Gasteiger partial charge in [-0.25, -0.2) is 0 Å². The molecule has 2 N–H and O–H groups in total. The molecule has 3 rings (SSSR count). The van der Waals surface area contributed by atoms with Gasteiger partial charge in [-0.15, -0.1) is 0 Å². The van der Waals surface area contributed by atoms with Gasteiger partial charge in [-0.05, 0) is 41.3 Å². The summed E-state index contributed by atoms with van der Waals surface area (Å²) in [5.41, 5.74) is 1.79. The molecule has 0 amide bonds. The molecular formula is C16H16O3. The maximum atomic E-state index is 10.8. The normalized spacial score (nSPS) is 24.5. The third kappa shape index (κ3) is 1.66. The lowest BCUT2D eigenvalue weighted by molar-refractivity contribution is 0.0841. The summed E-state index contributed by atoms with van der Waals surface area (Å²) in [5.74, 6) is 0.672. The average molecular weight is 256 g/mol. The molecule has 0 heterocycles. The van der Waals surface area contributed by atoms with Crippen molar-refractivity contribution < 1.29 is 14.9 Å². The van der Waals surface area contributed by atoms with Crippen molar-refractivity contribution >= 4 is 0 Å². The number of methoxy groups -OCH3 is 1. The van der Waals surface area contributed by atoms with Gasteiger partial charge in [0.05, 0.1) is 7.11 Å². The number of benzene rings is 2. The molecule has 1 aliphatic rings. The number of ether oxygens (including phenoxy) is 1. The van der Waals surface area contributed by atoms with Gasteiger partial charge in [0, 0.05) is 0 Å². The number of hydrogen-bond donors (Lipinski definition) is 2. The van der Waals surface area contributed by atoms with Crippen LogP contribution in [0.4, 0.5) is 0 Å². The van der Waals surface area contributed by atoms with Gasteiger partial charge in [0.15, 0.2) is 0 Å². The van der Waals surface area contributed by atoms with Crippen LogP contribution in [-0.2, 0) is 5.60 Å². The average Bonchev–Trinajstić information content (AvgIpc) is 2.45. The Kier molecular flexibility index (Phi) is 2.62. The van der Waals surface area contributed by atoms with Gasteiger partial charge in [-0.1, -0.05) is 30.3 Å². The summed E-state index contributed by atoms with van der Waals surface area (Å²) in [5, 5.41) is 21.3. The maximum Gasteiger partial charge on any atom is 0.119 e. The molecule has 0 bridgehead atoms. The van der Waals surface area contributed by atoms with Crippen molar-refractivity contribution in [1.82, 2.24) is 0 Å². The Bertz CT molecular complexity index is 632. The maximum absolute atomic E-state index is 10.8. The van der Waals surface area contributed by atoms with E-state index in [0.29, 0.717) is 11.3 Å². The molecule has 19 heavy (non-hydrogen) atoms. The first-order valence-electron chi connectivity index (χ1n) is 6.24. The third-order valence-electron chi connectivity index (χ3n) is 3.86. The van der Waals surface area contributed by atoms with Crippen molar-refractivity contribution in [3.05, 3.63) is 64.7 Å². The van der Waals surface area contributed by atoms with Gasteiger partial charge in [-0.2, -0.15) is 0 Å². The van der Waals surface area contributed by atoms with Crippen molar-refractivity contribution in [1.29, 1.82) is 0 Å². The second kappa shape index (κ2) is 4.08. The molecule has 0 spiro atoms. The molecule has 0 saturated carbocycles. The first-order chi connectivity index (χ1) is 9.05. The van der Waals surface area contributed by atoms with E-state index in [0.717, 1.165) is 16.7 Å². The van der Waals surface area contributed by atoms with Gasteiger partial charge in [0.2, 0.25) is 0 Å². The zero-order valence-electron chi connectivity index (χ0n) is 10.9. The van der Waals surface area contributed by atoms with E-state index in [1.807, 2.05) is 30.3 Å². The molecule has 0 aromatic heterocycles. The Morgan fingerprint density at radius 2 is 1.74 bits per heavy atom. The second-order valence-electron chi connectivity index (χ2n) is 5.02. The van der Waals surface area contributed by atoms with Gasteiger partial charge in [0.1, 0.15) is 17.5 Å². The fraction of sp³-hybridized carbons (Fsp3) is 0.250. The summed E-state index contributed by atoms with van der Waals surface area (Å²) < 4.78 is 5.20. The number of fused-ring (bicyclic) bond motifs is 2. The Hall–Kier alpha value is -1.84. The number of aliphatic hydroxyl groups is 2. The minimum atomic E-state index is -1.13. The molecule has 3 heteroatoms. The smallest absolute Gasteiger partial charge is 0.119 e. The Labute approximate surface area is 112 Å². The lowest BCUT2D eigenvalue weighted by Crippen LogP contribution is -2.31. The minimum Gasteiger partial charge on any atom is -0.497 e. The second-order valence-corrected chi connectivity index (χ2v) is 5.02. The molecule has 2 aromatic carbocycles. The van der Waals surface area contributed by atoms with Crippen molar-refractivity contribution in [2.75, 3.05) is 7.11 Å². The number of aliphatic hydroxyl groups excluding tert-OH is 1.